The number of likely N-dealkylation sites (tertiary alicyclic amines) is 2. The topological polar surface area (TPSA) is 35.6 Å². The van der Waals surface area contributed by atoms with E-state index in [9.17, 15) is 13.6 Å². The van der Waals surface area contributed by atoms with Crippen molar-refractivity contribution in [3.8, 4) is 0 Å². The minimum atomic E-state index is -0.489. The number of amides is 1. The van der Waals surface area contributed by atoms with E-state index in [-0.39, 0.29) is 23.9 Å². The van der Waals surface area contributed by atoms with E-state index < -0.39 is 11.6 Å². The maximum absolute atomic E-state index is 13.7. The summed E-state index contributed by atoms with van der Waals surface area (Å²) >= 11 is 0. The number of carbonyl (C=O) groups excluding carboxylic acids is 1. The Bertz CT molecular complexity index is 602. The van der Waals surface area contributed by atoms with Crippen molar-refractivity contribution >= 4 is 5.91 Å². The largest absolute Gasteiger partial charge is 0.352 e. The average Bonchev–Trinajstić information content (AvgIpc) is 2.63. The quantitative estimate of drug-likeness (QED) is 0.905. The Labute approximate surface area is 148 Å². The molecule has 0 aromatic heterocycles. The van der Waals surface area contributed by atoms with Gasteiger partial charge in [-0.15, -0.1) is 0 Å². The molecule has 2 heterocycles. The smallest absolute Gasteiger partial charge is 0.224 e. The maximum Gasteiger partial charge on any atom is 0.224 e. The summed E-state index contributed by atoms with van der Waals surface area (Å²) in [5.74, 6) is -1.10. The highest BCUT2D eigenvalue weighted by Crippen LogP contribution is 2.23. The summed E-state index contributed by atoms with van der Waals surface area (Å²) in [6, 6.07) is 3.88. The summed E-state index contributed by atoms with van der Waals surface area (Å²) < 4.78 is 26.9. The third kappa shape index (κ3) is 4.76. The number of piperidine rings is 2. The molecule has 0 radical (unpaired) electrons. The number of hydrogen-bond donors (Lipinski definition) is 1. The zero-order valence-electron chi connectivity index (χ0n) is 14.8. The summed E-state index contributed by atoms with van der Waals surface area (Å²) in [6.45, 7) is 4.07. The second-order valence-corrected chi connectivity index (χ2v) is 7.32. The third-order valence-corrected chi connectivity index (χ3v) is 5.49. The molecule has 1 atom stereocenters. The van der Waals surface area contributed by atoms with Gasteiger partial charge in [0.1, 0.15) is 11.6 Å². The Balaban J connectivity index is 1.52. The second kappa shape index (κ2) is 8.23. The van der Waals surface area contributed by atoms with Crippen LogP contribution in [0.4, 0.5) is 8.78 Å². The van der Waals surface area contributed by atoms with Gasteiger partial charge in [0, 0.05) is 24.7 Å². The minimum absolute atomic E-state index is 0.0349. The van der Waals surface area contributed by atoms with Crippen molar-refractivity contribution in [2.24, 2.45) is 5.92 Å². The fourth-order valence-electron chi connectivity index (χ4n) is 3.92. The van der Waals surface area contributed by atoms with Gasteiger partial charge < -0.3 is 10.2 Å². The van der Waals surface area contributed by atoms with Crippen LogP contribution in [0.15, 0.2) is 18.2 Å². The second-order valence-electron chi connectivity index (χ2n) is 7.32. The van der Waals surface area contributed by atoms with Crippen LogP contribution in [0.5, 0.6) is 0 Å². The molecule has 2 aliphatic heterocycles. The fraction of sp³-hybridized carbons (Fsp3) is 0.632. The highest BCUT2D eigenvalue weighted by molar-refractivity contribution is 5.79. The Kier molecular flexibility index (Phi) is 6.02. The number of halogens is 2. The Morgan fingerprint density at radius 3 is 2.72 bits per heavy atom. The number of carbonyl (C=O) groups is 1. The predicted molar refractivity (Wildman–Crippen MR) is 93.0 cm³/mol. The summed E-state index contributed by atoms with van der Waals surface area (Å²) in [5.41, 5.74) is 0.191. The fourth-order valence-corrected chi connectivity index (χ4v) is 3.92. The standard InChI is InChI=1S/C19H27F2N3O/c1-23-9-6-17(7-10-23)24-8-2-3-14(13-24)19(25)22-12-15-11-16(20)4-5-18(15)21/h4-5,11,14,17H,2-3,6-10,12-13H2,1H3,(H,22,25)/t14-/m0/s1. The number of nitrogens with one attached hydrogen (secondary N) is 1. The van der Waals surface area contributed by atoms with Gasteiger partial charge in [0.25, 0.3) is 0 Å². The van der Waals surface area contributed by atoms with Gasteiger partial charge in [-0.2, -0.15) is 0 Å². The minimum Gasteiger partial charge on any atom is -0.352 e. The van der Waals surface area contributed by atoms with Crippen molar-refractivity contribution in [3.05, 3.63) is 35.4 Å². The van der Waals surface area contributed by atoms with Crippen LogP contribution in [0, 0.1) is 17.6 Å². The molecule has 1 aromatic rings. The summed E-state index contributed by atoms with van der Waals surface area (Å²) in [7, 11) is 2.15. The van der Waals surface area contributed by atoms with Gasteiger partial charge in [-0.3, -0.25) is 9.69 Å². The number of hydrogen-bond acceptors (Lipinski definition) is 3. The molecule has 1 N–H and O–H groups in total. The first-order valence-corrected chi connectivity index (χ1v) is 9.17. The normalized spacial score (nSPS) is 23.6. The SMILES string of the molecule is CN1CCC(N2CCC[C@H](C(=O)NCc3cc(F)ccc3F)C2)CC1. The van der Waals surface area contributed by atoms with Gasteiger partial charge in [0.05, 0.1) is 5.92 Å². The van der Waals surface area contributed by atoms with Gasteiger partial charge >= 0.3 is 0 Å². The van der Waals surface area contributed by atoms with Crippen LogP contribution in [0.2, 0.25) is 0 Å². The third-order valence-electron chi connectivity index (χ3n) is 5.49. The van der Waals surface area contributed by atoms with Crippen LogP contribution in [-0.4, -0.2) is 55.0 Å². The van der Waals surface area contributed by atoms with Crippen molar-refractivity contribution in [1.29, 1.82) is 0 Å². The van der Waals surface area contributed by atoms with Crippen LogP contribution in [0.3, 0.4) is 0 Å². The van der Waals surface area contributed by atoms with E-state index in [2.05, 4.69) is 22.2 Å². The molecule has 0 bridgehead atoms. The molecule has 2 fully saturated rings. The van der Waals surface area contributed by atoms with Gasteiger partial charge in [-0.05, 0) is 70.6 Å². The van der Waals surface area contributed by atoms with E-state index in [1.807, 2.05) is 0 Å². The van der Waals surface area contributed by atoms with E-state index in [1.165, 1.54) is 0 Å². The molecule has 2 saturated heterocycles. The van der Waals surface area contributed by atoms with Crippen molar-refractivity contribution in [2.75, 3.05) is 33.2 Å². The Hall–Kier alpha value is -1.53. The molecule has 1 aromatic carbocycles. The van der Waals surface area contributed by atoms with Crippen LogP contribution < -0.4 is 5.32 Å². The molecule has 3 rings (SSSR count). The van der Waals surface area contributed by atoms with E-state index >= 15 is 0 Å². The molecule has 0 unspecified atom stereocenters. The van der Waals surface area contributed by atoms with Gasteiger partial charge in [0.15, 0.2) is 0 Å². The van der Waals surface area contributed by atoms with Gasteiger partial charge in [-0.1, -0.05) is 0 Å². The summed E-state index contributed by atoms with van der Waals surface area (Å²) in [4.78, 5) is 17.3. The lowest BCUT2D eigenvalue weighted by Gasteiger charge is -2.41. The monoisotopic (exact) mass is 351 g/mol. The Morgan fingerprint density at radius 2 is 1.96 bits per heavy atom. The Morgan fingerprint density at radius 1 is 1.20 bits per heavy atom. The van der Waals surface area contributed by atoms with E-state index in [0.717, 1.165) is 70.1 Å². The molecule has 1 amide bonds. The van der Waals surface area contributed by atoms with E-state index in [0.29, 0.717) is 6.04 Å². The van der Waals surface area contributed by atoms with Crippen LogP contribution in [0.25, 0.3) is 0 Å². The van der Waals surface area contributed by atoms with Crippen LogP contribution in [-0.2, 0) is 11.3 Å². The summed E-state index contributed by atoms with van der Waals surface area (Å²) in [6.07, 6.45) is 4.18. The molecule has 2 aliphatic rings. The number of rotatable bonds is 4. The molecular formula is C19H27F2N3O. The van der Waals surface area contributed by atoms with Crippen molar-refractivity contribution in [3.63, 3.8) is 0 Å². The first-order valence-electron chi connectivity index (χ1n) is 9.17. The lowest BCUT2D eigenvalue weighted by molar-refractivity contribution is -0.127. The zero-order valence-corrected chi connectivity index (χ0v) is 14.8. The lowest BCUT2D eigenvalue weighted by atomic mass is 9.93. The first kappa shape index (κ1) is 18.3. The van der Waals surface area contributed by atoms with Gasteiger partial charge in [-0.25, -0.2) is 8.78 Å². The van der Waals surface area contributed by atoms with Crippen molar-refractivity contribution in [1.82, 2.24) is 15.1 Å². The van der Waals surface area contributed by atoms with Crippen molar-refractivity contribution in [2.45, 2.75) is 38.3 Å². The molecule has 0 spiro atoms. The predicted octanol–water partition coefficient (Wildman–Crippen LogP) is 2.39. The molecule has 25 heavy (non-hydrogen) atoms. The van der Waals surface area contributed by atoms with Crippen molar-refractivity contribution < 1.29 is 13.6 Å². The lowest BCUT2D eigenvalue weighted by Crippen LogP contribution is -2.50. The van der Waals surface area contributed by atoms with Crippen LogP contribution in [0.1, 0.15) is 31.2 Å². The van der Waals surface area contributed by atoms with Crippen LogP contribution >= 0.6 is 0 Å². The molecular weight excluding hydrogens is 324 g/mol. The molecule has 4 nitrogen and oxygen atoms in total. The highest BCUT2D eigenvalue weighted by atomic mass is 19.1. The van der Waals surface area contributed by atoms with E-state index in [1.54, 1.807) is 0 Å². The highest BCUT2D eigenvalue weighted by Gasteiger charge is 2.31. The number of benzene rings is 1. The van der Waals surface area contributed by atoms with Gasteiger partial charge in [0.2, 0.25) is 5.91 Å². The average molecular weight is 351 g/mol. The molecule has 138 valence electrons. The first-order chi connectivity index (χ1) is 12.0. The molecule has 6 heteroatoms. The zero-order chi connectivity index (χ0) is 17.8. The molecule has 0 saturated carbocycles. The summed E-state index contributed by atoms with van der Waals surface area (Å²) in [5, 5.41) is 2.79. The number of nitrogens with zero attached hydrogens (tertiary/aromatic N) is 2. The maximum atomic E-state index is 13.7. The molecule has 0 aliphatic carbocycles. The van der Waals surface area contributed by atoms with E-state index in [4.69, 9.17) is 0 Å².